The molecule has 0 spiro atoms. The monoisotopic (exact) mass is 446 g/mol. The van der Waals surface area contributed by atoms with Gasteiger partial charge in [-0.2, -0.15) is 0 Å². The SMILES string of the molecule is c1ccc(CSc2nnc(Cc3cccc4c3[nH]c3ccccc34)n2-c2ccccc2)cc1. The summed E-state index contributed by atoms with van der Waals surface area (Å²) in [5.41, 5.74) is 5.89. The normalized spacial score (nSPS) is 11.4. The molecule has 0 unspecified atom stereocenters. The standard InChI is InChI=1S/C28H22N4S/c1-3-10-20(11-4-1)19-33-28-31-30-26(32(28)22-13-5-2-6-14-22)18-21-12-9-16-24-23-15-7-8-17-25(23)29-27(21)24/h1-17,29H,18-19H2. The first-order valence-corrected chi connectivity index (χ1v) is 12.0. The molecule has 0 fully saturated rings. The number of thioether (sulfide) groups is 1. The zero-order valence-electron chi connectivity index (χ0n) is 18.0. The van der Waals surface area contributed by atoms with Crippen LogP contribution in [0.4, 0.5) is 0 Å². The topological polar surface area (TPSA) is 46.5 Å². The highest BCUT2D eigenvalue weighted by atomic mass is 32.2. The van der Waals surface area contributed by atoms with E-state index in [-0.39, 0.29) is 0 Å². The van der Waals surface area contributed by atoms with E-state index in [1.807, 2.05) is 12.1 Å². The number of rotatable bonds is 6. The van der Waals surface area contributed by atoms with Crippen molar-refractivity contribution in [3.63, 3.8) is 0 Å². The lowest BCUT2D eigenvalue weighted by Crippen LogP contribution is -2.04. The molecule has 0 aliphatic heterocycles. The maximum Gasteiger partial charge on any atom is 0.196 e. The van der Waals surface area contributed by atoms with Gasteiger partial charge in [0.25, 0.3) is 0 Å². The largest absolute Gasteiger partial charge is 0.354 e. The Morgan fingerprint density at radius 3 is 2.27 bits per heavy atom. The summed E-state index contributed by atoms with van der Waals surface area (Å²) >= 11 is 1.72. The van der Waals surface area contributed by atoms with Crippen LogP contribution in [0.15, 0.2) is 108 Å². The minimum Gasteiger partial charge on any atom is -0.354 e. The van der Waals surface area contributed by atoms with Crippen LogP contribution in [0, 0.1) is 0 Å². The molecule has 2 heterocycles. The molecule has 1 N–H and O–H groups in total. The lowest BCUT2D eigenvalue weighted by atomic mass is 10.1. The van der Waals surface area contributed by atoms with Gasteiger partial charge in [0.2, 0.25) is 0 Å². The Labute approximate surface area is 196 Å². The number of hydrogen-bond acceptors (Lipinski definition) is 3. The molecule has 33 heavy (non-hydrogen) atoms. The Morgan fingerprint density at radius 1 is 0.697 bits per heavy atom. The molecule has 0 atom stereocenters. The summed E-state index contributed by atoms with van der Waals surface area (Å²) < 4.78 is 2.19. The van der Waals surface area contributed by atoms with Gasteiger partial charge >= 0.3 is 0 Å². The quantitative estimate of drug-likeness (QED) is 0.287. The van der Waals surface area contributed by atoms with E-state index in [0.717, 1.165) is 27.9 Å². The molecule has 160 valence electrons. The second-order valence-electron chi connectivity index (χ2n) is 8.03. The third-order valence-corrected chi connectivity index (χ3v) is 6.90. The summed E-state index contributed by atoms with van der Waals surface area (Å²) in [5.74, 6) is 1.78. The van der Waals surface area contributed by atoms with Crippen LogP contribution in [-0.2, 0) is 12.2 Å². The van der Waals surface area contributed by atoms with Crippen LogP contribution in [0.1, 0.15) is 17.0 Å². The molecule has 0 amide bonds. The van der Waals surface area contributed by atoms with Crippen molar-refractivity contribution < 1.29 is 0 Å². The lowest BCUT2D eigenvalue weighted by Gasteiger charge is -2.11. The third-order valence-electron chi connectivity index (χ3n) is 5.90. The number of aromatic nitrogens is 4. The van der Waals surface area contributed by atoms with E-state index < -0.39 is 0 Å². The number of nitrogens with one attached hydrogen (secondary N) is 1. The fourth-order valence-electron chi connectivity index (χ4n) is 4.32. The van der Waals surface area contributed by atoms with Crippen LogP contribution < -0.4 is 0 Å². The number of aromatic amines is 1. The first kappa shape index (κ1) is 19.8. The average molecular weight is 447 g/mol. The van der Waals surface area contributed by atoms with Crippen molar-refractivity contribution in [1.82, 2.24) is 19.7 Å². The fraction of sp³-hybridized carbons (Fsp3) is 0.0714. The summed E-state index contributed by atoms with van der Waals surface area (Å²) in [6, 6.07) is 35.8. The second kappa shape index (κ2) is 8.60. The highest BCUT2D eigenvalue weighted by molar-refractivity contribution is 7.98. The van der Waals surface area contributed by atoms with E-state index in [0.29, 0.717) is 6.42 Å². The van der Waals surface area contributed by atoms with Gasteiger partial charge in [-0.25, -0.2) is 0 Å². The molecule has 0 saturated carbocycles. The van der Waals surface area contributed by atoms with Crippen molar-refractivity contribution in [2.24, 2.45) is 0 Å². The number of hydrogen-bond donors (Lipinski definition) is 1. The van der Waals surface area contributed by atoms with Gasteiger partial charge in [0.15, 0.2) is 5.16 Å². The Hall–Kier alpha value is -3.83. The Bertz CT molecular complexity index is 1530. The number of nitrogens with zero attached hydrogens (tertiary/aromatic N) is 3. The van der Waals surface area contributed by atoms with Crippen LogP contribution >= 0.6 is 11.8 Å². The second-order valence-corrected chi connectivity index (χ2v) is 8.97. The molecule has 6 rings (SSSR count). The van der Waals surface area contributed by atoms with Crippen molar-refractivity contribution >= 4 is 33.6 Å². The van der Waals surface area contributed by atoms with E-state index in [1.54, 1.807) is 11.8 Å². The smallest absolute Gasteiger partial charge is 0.196 e. The molecule has 4 nitrogen and oxygen atoms in total. The zero-order valence-corrected chi connectivity index (χ0v) is 18.8. The minimum absolute atomic E-state index is 0.692. The zero-order chi connectivity index (χ0) is 22.0. The molecule has 5 heteroatoms. The first-order valence-electron chi connectivity index (χ1n) is 11.0. The first-order chi connectivity index (χ1) is 16.4. The Kier molecular flexibility index (Phi) is 5.17. The van der Waals surface area contributed by atoms with Crippen molar-refractivity contribution in [2.75, 3.05) is 0 Å². The Morgan fingerprint density at radius 2 is 1.42 bits per heavy atom. The van der Waals surface area contributed by atoms with Crippen molar-refractivity contribution in [3.8, 4) is 5.69 Å². The van der Waals surface area contributed by atoms with Gasteiger partial charge < -0.3 is 4.98 Å². The maximum absolute atomic E-state index is 4.64. The van der Waals surface area contributed by atoms with Crippen LogP contribution in [0.2, 0.25) is 0 Å². The van der Waals surface area contributed by atoms with E-state index in [4.69, 9.17) is 0 Å². The van der Waals surface area contributed by atoms with E-state index in [9.17, 15) is 0 Å². The molecule has 0 aliphatic rings. The number of H-pyrrole nitrogens is 1. The Balaban J connectivity index is 1.41. The van der Waals surface area contributed by atoms with Gasteiger partial charge in [-0.15, -0.1) is 10.2 Å². The molecule has 6 aromatic rings. The third kappa shape index (κ3) is 3.81. The lowest BCUT2D eigenvalue weighted by molar-refractivity contribution is 0.849. The number of para-hydroxylation sites is 3. The molecule has 0 radical (unpaired) electrons. The predicted octanol–water partition coefficient (Wildman–Crippen LogP) is 6.78. The van der Waals surface area contributed by atoms with Gasteiger partial charge in [-0.1, -0.05) is 96.7 Å². The predicted molar refractivity (Wildman–Crippen MR) is 136 cm³/mol. The average Bonchev–Trinajstić information content (AvgIpc) is 3.46. The van der Waals surface area contributed by atoms with E-state index in [1.165, 1.54) is 27.4 Å². The van der Waals surface area contributed by atoms with E-state index >= 15 is 0 Å². The van der Waals surface area contributed by atoms with Crippen molar-refractivity contribution in [3.05, 3.63) is 120 Å². The molecule has 0 saturated heterocycles. The van der Waals surface area contributed by atoms with Gasteiger partial charge in [-0.05, 0) is 29.3 Å². The summed E-state index contributed by atoms with van der Waals surface area (Å²) in [6.07, 6.45) is 0.692. The van der Waals surface area contributed by atoms with Crippen LogP contribution in [-0.4, -0.2) is 19.7 Å². The minimum atomic E-state index is 0.692. The summed E-state index contributed by atoms with van der Waals surface area (Å²) in [7, 11) is 0. The van der Waals surface area contributed by atoms with Crippen LogP contribution in [0.5, 0.6) is 0 Å². The molecular formula is C28H22N4S. The fourth-order valence-corrected chi connectivity index (χ4v) is 5.24. The maximum atomic E-state index is 4.64. The molecule has 4 aromatic carbocycles. The van der Waals surface area contributed by atoms with Crippen molar-refractivity contribution in [1.29, 1.82) is 0 Å². The highest BCUT2D eigenvalue weighted by Gasteiger charge is 2.17. The summed E-state index contributed by atoms with van der Waals surface area (Å²) in [5, 5.41) is 12.6. The van der Waals surface area contributed by atoms with Gasteiger partial charge in [-0.3, -0.25) is 4.57 Å². The number of fused-ring (bicyclic) bond motifs is 3. The summed E-state index contributed by atoms with van der Waals surface area (Å²) in [6.45, 7) is 0. The summed E-state index contributed by atoms with van der Waals surface area (Å²) in [4.78, 5) is 3.62. The van der Waals surface area contributed by atoms with Crippen LogP contribution in [0.25, 0.3) is 27.5 Å². The molecule has 2 aromatic heterocycles. The van der Waals surface area contributed by atoms with Gasteiger partial charge in [0.1, 0.15) is 5.82 Å². The van der Waals surface area contributed by atoms with E-state index in [2.05, 4.69) is 111 Å². The molecule has 0 bridgehead atoms. The molecular weight excluding hydrogens is 424 g/mol. The van der Waals surface area contributed by atoms with Crippen molar-refractivity contribution in [2.45, 2.75) is 17.3 Å². The highest BCUT2D eigenvalue weighted by Crippen LogP contribution is 2.30. The number of benzene rings is 4. The molecule has 0 aliphatic carbocycles. The van der Waals surface area contributed by atoms with Crippen LogP contribution in [0.3, 0.4) is 0 Å². The van der Waals surface area contributed by atoms with Gasteiger partial charge in [0.05, 0.1) is 5.52 Å². The van der Waals surface area contributed by atoms with Gasteiger partial charge in [0, 0.05) is 34.2 Å².